The molecular formula is C27H23F5N2O4S. The summed E-state index contributed by atoms with van der Waals surface area (Å²) in [6.07, 6.45) is -3.17. The molecule has 1 heterocycles. The third-order valence-corrected chi connectivity index (χ3v) is 8.64. The number of halogens is 5. The van der Waals surface area contributed by atoms with Crippen LogP contribution >= 0.6 is 0 Å². The van der Waals surface area contributed by atoms with Gasteiger partial charge in [0, 0.05) is 11.5 Å². The Labute approximate surface area is 221 Å². The van der Waals surface area contributed by atoms with Crippen molar-refractivity contribution in [1.29, 1.82) is 0 Å². The van der Waals surface area contributed by atoms with E-state index in [9.17, 15) is 35.2 Å². The van der Waals surface area contributed by atoms with Gasteiger partial charge in [0.15, 0.2) is 0 Å². The molecule has 3 aromatic rings. The Morgan fingerprint density at radius 1 is 1.03 bits per heavy atom. The van der Waals surface area contributed by atoms with Crippen LogP contribution in [0.5, 0.6) is 5.75 Å². The van der Waals surface area contributed by atoms with E-state index in [2.05, 4.69) is 5.32 Å². The second-order valence-electron chi connectivity index (χ2n) is 9.48. The molecule has 5 rings (SSSR count). The number of alkyl halides is 3. The summed E-state index contributed by atoms with van der Waals surface area (Å²) in [5, 5.41) is 2.75. The predicted octanol–water partition coefficient (Wildman–Crippen LogP) is 5.52. The lowest BCUT2D eigenvalue weighted by Crippen LogP contribution is -2.49. The second kappa shape index (κ2) is 10.1. The molecule has 0 bridgehead atoms. The van der Waals surface area contributed by atoms with Crippen molar-refractivity contribution >= 4 is 21.6 Å². The van der Waals surface area contributed by atoms with Crippen LogP contribution in [-0.2, 0) is 21.0 Å². The molecule has 39 heavy (non-hydrogen) atoms. The van der Waals surface area contributed by atoms with E-state index in [1.54, 1.807) is 0 Å². The van der Waals surface area contributed by atoms with Gasteiger partial charge in [-0.05, 0) is 66.9 Å². The molecule has 1 aliphatic carbocycles. The van der Waals surface area contributed by atoms with Crippen LogP contribution < -0.4 is 14.4 Å². The summed E-state index contributed by atoms with van der Waals surface area (Å²) < 4.78 is 103. The van der Waals surface area contributed by atoms with Gasteiger partial charge in [-0.15, -0.1) is 0 Å². The number of benzene rings is 3. The van der Waals surface area contributed by atoms with Gasteiger partial charge in [0.1, 0.15) is 23.5 Å². The monoisotopic (exact) mass is 566 g/mol. The first-order valence-electron chi connectivity index (χ1n) is 12.2. The molecule has 1 fully saturated rings. The van der Waals surface area contributed by atoms with Gasteiger partial charge in [-0.25, -0.2) is 17.2 Å². The first-order chi connectivity index (χ1) is 18.4. The second-order valence-corrected chi connectivity index (χ2v) is 11.3. The van der Waals surface area contributed by atoms with Crippen LogP contribution in [0.2, 0.25) is 0 Å². The fourth-order valence-corrected chi connectivity index (χ4v) is 6.07. The molecule has 1 amide bonds. The summed E-state index contributed by atoms with van der Waals surface area (Å²) in [6.45, 7) is -0.380. The largest absolute Gasteiger partial charge is 0.484 e. The molecule has 1 atom stereocenters. The number of hydrogen-bond acceptors (Lipinski definition) is 4. The maximum atomic E-state index is 14.5. The highest BCUT2D eigenvalue weighted by molar-refractivity contribution is 7.92. The van der Waals surface area contributed by atoms with Crippen LogP contribution in [0, 0.1) is 17.6 Å². The van der Waals surface area contributed by atoms with E-state index in [0.717, 1.165) is 60.0 Å². The normalized spacial score (nSPS) is 17.7. The van der Waals surface area contributed by atoms with Crippen molar-refractivity contribution in [3.05, 3.63) is 77.9 Å². The molecule has 0 spiro atoms. The van der Waals surface area contributed by atoms with Crippen molar-refractivity contribution in [3.8, 4) is 16.9 Å². The zero-order valence-electron chi connectivity index (χ0n) is 20.3. The number of hydrogen-bond donors (Lipinski definition) is 1. The quantitative estimate of drug-likeness (QED) is 0.399. The maximum Gasteiger partial charge on any atom is 0.416 e. The summed E-state index contributed by atoms with van der Waals surface area (Å²) >= 11 is 0. The van der Waals surface area contributed by atoms with E-state index in [4.69, 9.17) is 4.74 Å². The van der Waals surface area contributed by atoms with Crippen molar-refractivity contribution in [1.82, 2.24) is 5.32 Å². The molecule has 0 unspecified atom stereocenters. The minimum absolute atomic E-state index is 0.0380. The lowest BCUT2D eigenvalue weighted by Gasteiger charge is -2.36. The molecule has 2 aliphatic rings. The number of ether oxygens (including phenoxy) is 1. The minimum Gasteiger partial charge on any atom is -0.484 e. The first kappa shape index (κ1) is 26.9. The van der Waals surface area contributed by atoms with Gasteiger partial charge in [0.25, 0.3) is 10.0 Å². The number of anilines is 1. The van der Waals surface area contributed by atoms with Crippen molar-refractivity contribution < 1.29 is 39.9 Å². The predicted molar refractivity (Wildman–Crippen MR) is 133 cm³/mol. The standard InChI is InChI=1S/C27H23F5N2O4S/c28-19-8-9-23(29)22(13-19)17-7-10-25-24(11-17)34(15-20(38-25)14-33-26(35)16-3-1-4-16)39(36,37)21-6-2-5-18(12-21)27(30,31)32/h2,5-13,16,20H,1,3-4,14-15H2,(H,33,35)/t20-/m0/s1. The Bertz CT molecular complexity index is 1520. The Morgan fingerprint density at radius 3 is 2.49 bits per heavy atom. The molecule has 0 aromatic heterocycles. The number of rotatable bonds is 6. The van der Waals surface area contributed by atoms with E-state index in [1.165, 1.54) is 18.2 Å². The van der Waals surface area contributed by atoms with Gasteiger partial charge in [0.2, 0.25) is 5.91 Å². The Morgan fingerprint density at radius 2 is 1.79 bits per heavy atom. The number of nitrogens with zero attached hydrogens (tertiary/aromatic N) is 1. The lowest BCUT2D eigenvalue weighted by molar-refractivity contribution is -0.137. The molecule has 0 saturated heterocycles. The van der Waals surface area contributed by atoms with E-state index >= 15 is 0 Å². The average Bonchev–Trinajstić information content (AvgIpc) is 2.86. The topological polar surface area (TPSA) is 75.7 Å². The average molecular weight is 567 g/mol. The summed E-state index contributed by atoms with van der Waals surface area (Å²) in [5.41, 5.74) is -1.20. The molecule has 1 aliphatic heterocycles. The van der Waals surface area contributed by atoms with Crippen molar-refractivity contribution in [2.24, 2.45) is 5.92 Å². The third kappa shape index (κ3) is 5.42. The molecule has 12 heteroatoms. The molecule has 206 valence electrons. The number of nitrogens with one attached hydrogen (secondary N) is 1. The Hall–Kier alpha value is -3.67. The van der Waals surface area contributed by atoms with Gasteiger partial charge in [-0.1, -0.05) is 18.6 Å². The number of amides is 1. The van der Waals surface area contributed by atoms with Gasteiger partial charge in [-0.3, -0.25) is 9.10 Å². The van der Waals surface area contributed by atoms with Gasteiger partial charge < -0.3 is 10.1 Å². The summed E-state index contributed by atoms with van der Waals surface area (Å²) in [4.78, 5) is 11.7. The van der Waals surface area contributed by atoms with Crippen LogP contribution in [-0.4, -0.2) is 33.5 Å². The maximum absolute atomic E-state index is 14.5. The van der Waals surface area contributed by atoms with Crippen LogP contribution in [0.25, 0.3) is 11.1 Å². The molecule has 6 nitrogen and oxygen atoms in total. The molecular weight excluding hydrogens is 543 g/mol. The van der Waals surface area contributed by atoms with Crippen LogP contribution in [0.1, 0.15) is 24.8 Å². The van der Waals surface area contributed by atoms with E-state index in [1.807, 2.05) is 0 Å². The number of fused-ring (bicyclic) bond motifs is 1. The van der Waals surface area contributed by atoms with E-state index < -0.39 is 44.4 Å². The lowest BCUT2D eigenvalue weighted by atomic mass is 9.85. The molecule has 1 N–H and O–H groups in total. The smallest absolute Gasteiger partial charge is 0.416 e. The van der Waals surface area contributed by atoms with E-state index in [0.29, 0.717) is 6.07 Å². The number of sulfonamides is 1. The SMILES string of the molecule is O=C(NC[C@H]1CN(S(=O)(=O)c2cccc(C(F)(F)F)c2)c2cc(-c3cc(F)ccc3F)ccc2O1)C1CCC1. The fourth-order valence-electron chi connectivity index (χ4n) is 4.52. The third-order valence-electron chi connectivity index (χ3n) is 6.86. The Kier molecular flexibility index (Phi) is 7.00. The molecule has 3 aromatic carbocycles. The van der Waals surface area contributed by atoms with Gasteiger partial charge >= 0.3 is 6.18 Å². The van der Waals surface area contributed by atoms with Crippen LogP contribution in [0.4, 0.5) is 27.6 Å². The highest BCUT2D eigenvalue weighted by atomic mass is 32.2. The fraction of sp³-hybridized carbons (Fsp3) is 0.296. The van der Waals surface area contributed by atoms with Crippen LogP contribution in [0.3, 0.4) is 0 Å². The van der Waals surface area contributed by atoms with E-state index in [-0.39, 0.29) is 47.5 Å². The van der Waals surface area contributed by atoms with Crippen LogP contribution in [0.15, 0.2) is 65.6 Å². The zero-order chi connectivity index (χ0) is 27.9. The first-order valence-corrected chi connectivity index (χ1v) is 13.6. The molecule has 1 saturated carbocycles. The summed E-state index contributed by atoms with van der Waals surface area (Å²) in [6, 6.07) is 10.2. The summed E-state index contributed by atoms with van der Waals surface area (Å²) in [5.74, 6) is -1.71. The highest BCUT2D eigenvalue weighted by Gasteiger charge is 2.38. The molecule has 0 radical (unpaired) electrons. The zero-order valence-corrected chi connectivity index (χ0v) is 21.2. The number of carbonyl (C=O) groups excluding carboxylic acids is 1. The van der Waals surface area contributed by atoms with Gasteiger partial charge in [-0.2, -0.15) is 13.2 Å². The van der Waals surface area contributed by atoms with Crippen molar-refractivity contribution in [2.45, 2.75) is 36.4 Å². The Balaban J connectivity index is 1.54. The summed E-state index contributed by atoms with van der Waals surface area (Å²) in [7, 11) is -4.58. The number of carbonyl (C=O) groups is 1. The highest BCUT2D eigenvalue weighted by Crippen LogP contribution is 2.41. The van der Waals surface area contributed by atoms with Gasteiger partial charge in [0.05, 0.1) is 29.2 Å². The minimum atomic E-state index is -4.77. The van der Waals surface area contributed by atoms with Crippen molar-refractivity contribution in [2.75, 3.05) is 17.4 Å². The van der Waals surface area contributed by atoms with Crippen molar-refractivity contribution in [3.63, 3.8) is 0 Å².